The Morgan fingerprint density at radius 2 is 2.12 bits per heavy atom. The second-order valence-corrected chi connectivity index (χ2v) is 7.17. The van der Waals surface area contributed by atoms with E-state index in [9.17, 15) is 9.90 Å². The van der Waals surface area contributed by atoms with Gasteiger partial charge in [0.05, 0.1) is 6.04 Å². The molecule has 1 aliphatic carbocycles. The highest BCUT2D eigenvalue weighted by atomic mass is 35.5. The topological polar surface area (TPSA) is 79.2 Å². The third-order valence-corrected chi connectivity index (χ3v) is 5.46. The van der Waals surface area contributed by atoms with E-state index >= 15 is 0 Å². The highest BCUT2D eigenvalue weighted by Crippen LogP contribution is 2.28. The van der Waals surface area contributed by atoms with Gasteiger partial charge in [-0.3, -0.25) is 9.48 Å². The smallest absolute Gasteiger partial charge is 0.272 e. The van der Waals surface area contributed by atoms with Crippen molar-refractivity contribution in [2.45, 2.75) is 63.5 Å². The summed E-state index contributed by atoms with van der Waals surface area (Å²) >= 11 is 0. The molecule has 142 valence electrons. The van der Waals surface area contributed by atoms with E-state index in [1.54, 1.807) is 6.07 Å². The first-order chi connectivity index (χ1) is 11.8. The van der Waals surface area contributed by atoms with Crippen LogP contribution in [0.15, 0.2) is 12.3 Å². The van der Waals surface area contributed by atoms with Crippen LogP contribution in [0.3, 0.4) is 0 Å². The van der Waals surface area contributed by atoms with Gasteiger partial charge in [0.25, 0.3) is 5.91 Å². The number of carbonyl (C=O) groups is 1. The van der Waals surface area contributed by atoms with Crippen LogP contribution in [-0.4, -0.2) is 46.5 Å². The van der Waals surface area contributed by atoms with Gasteiger partial charge in [-0.2, -0.15) is 5.10 Å². The molecule has 0 radical (unpaired) electrons. The molecule has 1 aromatic heterocycles. The van der Waals surface area contributed by atoms with Crippen LogP contribution in [0.4, 0.5) is 0 Å². The SMILES string of the molecule is Cl.O=C(NC(CCO)C1CCCCC1)c1ccn(C2CCCNC2)n1. The number of carbonyl (C=O) groups excluding carboxylic acids is 1. The maximum absolute atomic E-state index is 12.6. The van der Waals surface area contributed by atoms with Gasteiger partial charge in [0.2, 0.25) is 0 Å². The summed E-state index contributed by atoms with van der Waals surface area (Å²) in [4.78, 5) is 12.6. The Balaban J connectivity index is 0.00000225. The van der Waals surface area contributed by atoms with E-state index in [0.29, 0.717) is 24.1 Å². The number of nitrogens with zero attached hydrogens (tertiary/aromatic N) is 2. The van der Waals surface area contributed by atoms with Crippen LogP contribution in [0.2, 0.25) is 0 Å². The van der Waals surface area contributed by atoms with E-state index in [4.69, 9.17) is 0 Å². The standard InChI is InChI=1S/C18H30N4O2.ClH/c23-12-9-16(14-5-2-1-3-6-14)20-18(24)17-8-11-22(21-17)15-7-4-10-19-13-15;/h8,11,14-16,19,23H,1-7,9-10,12-13H2,(H,20,24);1H. The Bertz CT molecular complexity index is 525. The predicted molar refractivity (Wildman–Crippen MR) is 100 cm³/mol. The maximum Gasteiger partial charge on any atom is 0.272 e. The predicted octanol–water partition coefficient (Wildman–Crippen LogP) is 2.29. The highest BCUT2D eigenvalue weighted by Gasteiger charge is 2.26. The summed E-state index contributed by atoms with van der Waals surface area (Å²) in [6.07, 6.45) is 10.8. The third kappa shape index (κ3) is 5.43. The van der Waals surface area contributed by atoms with Gasteiger partial charge in [0.1, 0.15) is 5.69 Å². The number of hydrogen-bond donors (Lipinski definition) is 3. The zero-order chi connectivity index (χ0) is 16.8. The van der Waals surface area contributed by atoms with Crippen molar-refractivity contribution in [3.05, 3.63) is 18.0 Å². The number of hydrogen-bond acceptors (Lipinski definition) is 4. The van der Waals surface area contributed by atoms with E-state index < -0.39 is 0 Å². The van der Waals surface area contributed by atoms with Gasteiger partial charge in [-0.25, -0.2) is 0 Å². The largest absolute Gasteiger partial charge is 0.396 e. The summed E-state index contributed by atoms with van der Waals surface area (Å²) in [5.41, 5.74) is 0.485. The molecule has 0 aromatic carbocycles. The average Bonchev–Trinajstić information content (AvgIpc) is 3.13. The van der Waals surface area contributed by atoms with Gasteiger partial charge in [0, 0.05) is 25.4 Å². The van der Waals surface area contributed by atoms with Crippen molar-refractivity contribution in [1.29, 1.82) is 0 Å². The number of aliphatic hydroxyl groups excluding tert-OH is 1. The Morgan fingerprint density at radius 3 is 2.80 bits per heavy atom. The normalized spacial score (nSPS) is 22.8. The van der Waals surface area contributed by atoms with Crippen LogP contribution in [0.25, 0.3) is 0 Å². The molecule has 0 spiro atoms. The molecule has 6 nitrogen and oxygen atoms in total. The number of rotatable bonds is 6. The molecule has 1 aromatic rings. The average molecular weight is 371 g/mol. The molecule has 0 bridgehead atoms. The summed E-state index contributed by atoms with van der Waals surface area (Å²) < 4.78 is 1.92. The molecule has 2 atom stereocenters. The Kier molecular flexibility index (Phi) is 8.19. The monoisotopic (exact) mass is 370 g/mol. The first-order valence-electron chi connectivity index (χ1n) is 9.45. The highest BCUT2D eigenvalue weighted by molar-refractivity contribution is 5.92. The minimum atomic E-state index is -0.110. The van der Waals surface area contributed by atoms with Crippen molar-refractivity contribution in [2.75, 3.05) is 19.7 Å². The molecule has 3 rings (SSSR count). The van der Waals surface area contributed by atoms with Gasteiger partial charge < -0.3 is 15.7 Å². The van der Waals surface area contributed by atoms with E-state index in [1.165, 1.54) is 19.3 Å². The molecule has 2 aliphatic rings. The summed E-state index contributed by atoms with van der Waals surface area (Å²) in [6.45, 7) is 2.09. The Hall–Kier alpha value is -1.11. The maximum atomic E-state index is 12.6. The second kappa shape index (κ2) is 10.1. The molecule has 2 fully saturated rings. The van der Waals surface area contributed by atoms with E-state index in [2.05, 4.69) is 15.7 Å². The molecule has 1 saturated heterocycles. The zero-order valence-corrected chi connectivity index (χ0v) is 15.6. The molecular weight excluding hydrogens is 340 g/mol. The van der Waals surface area contributed by atoms with Crippen molar-refractivity contribution < 1.29 is 9.90 Å². The van der Waals surface area contributed by atoms with E-state index in [1.807, 2.05) is 10.9 Å². The molecular formula is C18H31ClN4O2. The lowest BCUT2D eigenvalue weighted by Crippen LogP contribution is -2.42. The van der Waals surface area contributed by atoms with Crippen LogP contribution >= 0.6 is 12.4 Å². The lowest BCUT2D eigenvalue weighted by Gasteiger charge is -2.30. The van der Waals surface area contributed by atoms with Crippen LogP contribution in [-0.2, 0) is 0 Å². The lowest BCUT2D eigenvalue weighted by atomic mass is 9.82. The van der Waals surface area contributed by atoms with Crippen LogP contribution in [0.5, 0.6) is 0 Å². The fourth-order valence-corrected chi connectivity index (χ4v) is 4.07. The molecule has 1 aliphatic heterocycles. The summed E-state index contributed by atoms with van der Waals surface area (Å²) in [5, 5.41) is 20.3. The summed E-state index contributed by atoms with van der Waals surface area (Å²) in [6, 6.07) is 2.21. The second-order valence-electron chi connectivity index (χ2n) is 7.17. The minimum Gasteiger partial charge on any atom is -0.396 e. The minimum absolute atomic E-state index is 0. The van der Waals surface area contributed by atoms with Crippen LogP contribution in [0, 0.1) is 5.92 Å². The van der Waals surface area contributed by atoms with Gasteiger partial charge in [-0.1, -0.05) is 19.3 Å². The molecule has 2 unspecified atom stereocenters. The van der Waals surface area contributed by atoms with Crippen LogP contribution < -0.4 is 10.6 Å². The Labute approximate surface area is 156 Å². The fourth-order valence-electron chi connectivity index (χ4n) is 4.07. The zero-order valence-electron chi connectivity index (χ0n) is 14.8. The molecule has 1 saturated carbocycles. The number of piperidine rings is 1. The number of amides is 1. The number of aromatic nitrogens is 2. The number of halogens is 1. The third-order valence-electron chi connectivity index (χ3n) is 5.46. The molecule has 2 heterocycles. The van der Waals surface area contributed by atoms with Crippen molar-refractivity contribution in [3.63, 3.8) is 0 Å². The van der Waals surface area contributed by atoms with Crippen molar-refractivity contribution >= 4 is 18.3 Å². The van der Waals surface area contributed by atoms with Crippen LogP contribution in [0.1, 0.15) is 67.9 Å². The van der Waals surface area contributed by atoms with E-state index in [-0.39, 0.29) is 31.0 Å². The van der Waals surface area contributed by atoms with Gasteiger partial charge in [0.15, 0.2) is 0 Å². The molecule has 7 heteroatoms. The van der Waals surface area contributed by atoms with E-state index in [0.717, 1.165) is 38.8 Å². The summed E-state index contributed by atoms with van der Waals surface area (Å²) in [5.74, 6) is 0.376. The quantitative estimate of drug-likeness (QED) is 0.717. The van der Waals surface area contributed by atoms with Crippen molar-refractivity contribution in [2.24, 2.45) is 5.92 Å². The molecule has 1 amide bonds. The van der Waals surface area contributed by atoms with Crippen molar-refractivity contribution in [3.8, 4) is 0 Å². The number of nitrogens with one attached hydrogen (secondary N) is 2. The first kappa shape index (κ1) is 20.2. The van der Waals surface area contributed by atoms with Crippen molar-refractivity contribution in [1.82, 2.24) is 20.4 Å². The number of aliphatic hydroxyl groups is 1. The molecule has 25 heavy (non-hydrogen) atoms. The fraction of sp³-hybridized carbons (Fsp3) is 0.778. The summed E-state index contributed by atoms with van der Waals surface area (Å²) in [7, 11) is 0. The Morgan fingerprint density at radius 1 is 1.32 bits per heavy atom. The first-order valence-corrected chi connectivity index (χ1v) is 9.45. The lowest BCUT2D eigenvalue weighted by molar-refractivity contribution is 0.0893. The van der Waals surface area contributed by atoms with Gasteiger partial charge in [-0.05, 0) is 50.6 Å². The van der Waals surface area contributed by atoms with Gasteiger partial charge in [-0.15, -0.1) is 12.4 Å². The molecule has 3 N–H and O–H groups in total. The van der Waals surface area contributed by atoms with Gasteiger partial charge >= 0.3 is 0 Å².